The number of carbonyl (C=O) groups is 1. The molecule has 3 aromatic carbocycles. The number of carbonyl (C=O) groups excluding carboxylic acids is 1. The molecule has 0 radical (unpaired) electrons. The lowest BCUT2D eigenvalue weighted by molar-refractivity contribution is -0.384. The number of rotatable bonds is 6. The van der Waals surface area contributed by atoms with E-state index in [0.29, 0.717) is 17.2 Å². The van der Waals surface area contributed by atoms with Crippen molar-refractivity contribution < 1.29 is 9.72 Å². The second kappa shape index (κ2) is 9.11. The van der Waals surface area contributed by atoms with Gasteiger partial charge in [0.1, 0.15) is 0 Å². The highest BCUT2D eigenvalue weighted by Gasteiger charge is 2.19. The first kappa shape index (κ1) is 21.4. The molecule has 0 bridgehead atoms. The second-order valence-corrected chi connectivity index (χ2v) is 8.46. The standard InChI is InChI=1S/C25H21N3O3S/c1-17-11-13-22-24(18(17)2)26-25(32-22)27(16-20-7-4-3-5-8-20)23(29)14-12-19-9-6-10-21(15-19)28(30)31/h3-15H,16H2,1-2H3/b14-12+. The minimum atomic E-state index is -0.452. The summed E-state index contributed by atoms with van der Waals surface area (Å²) in [5.74, 6) is -0.242. The van der Waals surface area contributed by atoms with Crippen molar-refractivity contribution in [3.05, 3.63) is 105 Å². The van der Waals surface area contributed by atoms with Crippen molar-refractivity contribution in [3.63, 3.8) is 0 Å². The van der Waals surface area contributed by atoms with Crippen molar-refractivity contribution in [1.82, 2.24) is 4.98 Å². The number of nitro groups is 1. The molecule has 1 amide bonds. The largest absolute Gasteiger partial charge is 0.280 e. The van der Waals surface area contributed by atoms with Crippen molar-refractivity contribution in [2.75, 3.05) is 4.90 Å². The Labute approximate surface area is 189 Å². The number of anilines is 1. The predicted octanol–water partition coefficient (Wildman–Crippen LogP) is 6.07. The van der Waals surface area contributed by atoms with Gasteiger partial charge in [0.05, 0.1) is 21.7 Å². The third-order valence-electron chi connectivity index (χ3n) is 5.25. The van der Waals surface area contributed by atoms with Crippen LogP contribution in [0.2, 0.25) is 0 Å². The molecular formula is C25H21N3O3S. The lowest BCUT2D eigenvalue weighted by Crippen LogP contribution is -2.28. The van der Waals surface area contributed by atoms with Gasteiger partial charge in [0.15, 0.2) is 5.13 Å². The van der Waals surface area contributed by atoms with Gasteiger partial charge in [-0.15, -0.1) is 0 Å². The van der Waals surface area contributed by atoms with Crippen LogP contribution in [0.25, 0.3) is 16.3 Å². The zero-order chi connectivity index (χ0) is 22.7. The molecule has 0 aliphatic rings. The SMILES string of the molecule is Cc1ccc2sc(N(Cc3ccccc3)C(=O)/C=C/c3cccc([N+](=O)[O-])c3)nc2c1C. The van der Waals surface area contributed by atoms with Crippen LogP contribution in [0, 0.1) is 24.0 Å². The normalized spacial score (nSPS) is 11.2. The predicted molar refractivity (Wildman–Crippen MR) is 129 cm³/mol. The molecule has 0 N–H and O–H groups in total. The van der Waals surface area contributed by atoms with Gasteiger partial charge >= 0.3 is 0 Å². The highest BCUT2D eigenvalue weighted by Crippen LogP contribution is 2.33. The minimum Gasteiger partial charge on any atom is -0.280 e. The van der Waals surface area contributed by atoms with Crippen molar-refractivity contribution in [1.29, 1.82) is 0 Å². The van der Waals surface area contributed by atoms with Crippen LogP contribution in [-0.2, 0) is 11.3 Å². The van der Waals surface area contributed by atoms with E-state index < -0.39 is 4.92 Å². The number of hydrogen-bond donors (Lipinski definition) is 0. The average molecular weight is 444 g/mol. The Balaban J connectivity index is 1.69. The number of nitrogens with zero attached hydrogens (tertiary/aromatic N) is 3. The maximum atomic E-state index is 13.2. The topological polar surface area (TPSA) is 76.3 Å². The summed E-state index contributed by atoms with van der Waals surface area (Å²) in [5, 5.41) is 11.6. The molecule has 6 nitrogen and oxygen atoms in total. The molecule has 1 aromatic heterocycles. The summed E-state index contributed by atoms with van der Waals surface area (Å²) in [4.78, 5) is 30.2. The van der Waals surface area contributed by atoms with E-state index in [4.69, 9.17) is 4.98 Å². The number of aryl methyl sites for hydroxylation is 2. The van der Waals surface area contributed by atoms with Gasteiger partial charge < -0.3 is 0 Å². The van der Waals surface area contributed by atoms with Crippen molar-refractivity contribution in [2.24, 2.45) is 0 Å². The lowest BCUT2D eigenvalue weighted by atomic mass is 10.1. The summed E-state index contributed by atoms with van der Waals surface area (Å²) in [6.45, 7) is 4.45. The fraction of sp³-hybridized carbons (Fsp3) is 0.120. The smallest absolute Gasteiger partial charge is 0.270 e. The summed E-state index contributed by atoms with van der Waals surface area (Å²) in [6, 6.07) is 20.0. The van der Waals surface area contributed by atoms with Gasteiger partial charge in [-0.05, 0) is 48.2 Å². The monoisotopic (exact) mass is 443 g/mol. The molecule has 4 aromatic rings. The summed E-state index contributed by atoms with van der Waals surface area (Å²) in [6.07, 6.45) is 3.03. The molecule has 32 heavy (non-hydrogen) atoms. The molecule has 0 fully saturated rings. The average Bonchev–Trinajstić information content (AvgIpc) is 3.24. The van der Waals surface area contributed by atoms with Crippen LogP contribution in [0.1, 0.15) is 22.3 Å². The highest BCUT2D eigenvalue weighted by atomic mass is 32.1. The molecule has 160 valence electrons. The Morgan fingerprint density at radius 3 is 2.62 bits per heavy atom. The Morgan fingerprint density at radius 2 is 1.88 bits per heavy atom. The second-order valence-electron chi connectivity index (χ2n) is 7.45. The Hall–Kier alpha value is -3.84. The number of fused-ring (bicyclic) bond motifs is 1. The minimum absolute atomic E-state index is 0.0160. The van der Waals surface area contributed by atoms with E-state index in [1.165, 1.54) is 29.5 Å². The zero-order valence-corrected chi connectivity index (χ0v) is 18.5. The lowest BCUT2D eigenvalue weighted by Gasteiger charge is -2.18. The number of aromatic nitrogens is 1. The zero-order valence-electron chi connectivity index (χ0n) is 17.7. The molecule has 0 spiro atoms. The fourth-order valence-electron chi connectivity index (χ4n) is 3.34. The molecule has 0 aliphatic carbocycles. The molecule has 7 heteroatoms. The Bertz CT molecular complexity index is 1330. The maximum Gasteiger partial charge on any atom is 0.270 e. The van der Waals surface area contributed by atoms with Crippen molar-refractivity contribution >= 4 is 44.4 Å². The number of thiazole rings is 1. The molecule has 0 saturated carbocycles. The van der Waals surface area contributed by atoms with Gasteiger partial charge in [0, 0.05) is 18.2 Å². The summed E-state index contributed by atoms with van der Waals surface area (Å²) in [7, 11) is 0. The number of amides is 1. The number of hydrogen-bond acceptors (Lipinski definition) is 5. The van der Waals surface area contributed by atoms with E-state index in [1.807, 2.05) is 50.2 Å². The van der Waals surface area contributed by atoms with Crippen LogP contribution < -0.4 is 4.90 Å². The van der Waals surface area contributed by atoms with Crippen LogP contribution in [0.3, 0.4) is 0 Å². The summed E-state index contributed by atoms with van der Waals surface area (Å²) < 4.78 is 1.02. The number of benzene rings is 3. The van der Waals surface area contributed by atoms with Gasteiger partial charge in [0.25, 0.3) is 11.6 Å². The summed E-state index contributed by atoms with van der Waals surface area (Å²) in [5.41, 5.74) is 4.71. The van der Waals surface area contributed by atoms with Crippen LogP contribution in [0.4, 0.5) is 10.8 Å². The van der Waals surface area contributed by atoms with Gasteiger partial charge in [-0.2, -0.15) is 0 Å². The van der Waals surface area contributed by atoms with Gasteiger partial charge in [0.2, 0.25) is 0 Å². The van der Waals surface area contributed by atoms with Gasteiger partial charge in [-0.25, -0.2) is 4.98 Å². The maximum absolute atomic E-state index is 13.2. The Kier molecular flexibility index (Phi) is 6.09. The Morgan fingerprint density at radius 1 is 1.09 bits per heavy atom. The third-order valence-corrected chi connectivity index (χ3v) is 6.30. The van der Waals surface area contributed by atoms with E-state index in [0.717, 1.165) is 26.9 Å². The van der Waals surface area contributed by atoms with Gasteiger partial charge in [-0.1, -0.05) is 59.9 Å². The fourth-order valence-corrected chi connectivity index (χ4v) is 4.36. The van der Waals surface area contributed by atoms with Crippen LogP contribution in [0.15, 0.2) is 72.8 Å². The highest BCUT2D eigenvalue weighted by molar-refractivity contribution is 7.22. The molecule has 4 rings (SSSR count). The molecule has 0 unspecified atom stereocenters. The number of nitro benzene ring substituents is 1. The molecule has 1 heterocycles. The first-order valence-corrected chi connectivity index (χ1v) is 10.9. The van der Waals surface area contributed by atoms with E-state index in [-0.39, 0.29) is 11.6 Å². The van der Waals surface area contributed by atoms with E-state index in [2.05, 4.69) is 6.07 Å². The molecule has 0 aliphatic heterocycles. The van der Waals surface area contributed by atoms with Crippen molar-refractivity contribution in [2.45, 2.75) is 20.4 Å². The van der Waals surface area contributed by atoms with E-state index >= 15 is 0 Å². The number of non-ortho nitro benzene ring substituents is 1. The van der Waals surface area contributed by atoms with Gasteiger partial charge in [-0.3, -0.25) is 19.8 Å². The molecule has 0 atom stereocenters. The first-order chi connectivity index (χ1) is 15.4. The quantitative estimate of drug-likeness (QED) is 0.206. The van der Waals surface area contributed by atoms with Crippen LogP contribution >= 0.6 is 11.3 Å². The summed E-state index contributed by atoms with van der Waals surface area (Å²) >= 11 is 1.47. The van der Waals surface area contributed by atoms with Crippen molar-refractivity contribution in [3.8, 4) is 0 Å². The van der Waals surface area contributed by atoms with E-state index in [1.54, 1.807) is 23.1 Å². The van der Waals surface area contributed by atoms with Crippen LogP contribution in [-0.4, -0.2) is 15.8 Å². The van der Waals surface area contributed by atoms with E-state index in [9.17, 15) is 14.9 Å². The molecule has 0 saturated heterocycles. The molecular weight excluding hydrogens is 422 g/mol. The van der Waals surface area contributed by atoms with Crippen LogP contribution in [0.5, 0.6) is 0 Å². The first-order valence-electron chi connectivity index (χ1n) is 10.1. The third kappa shape index (κ3) is 4.58.